The molecule has 1 aromatic rings. The van der Waals surface area contributed by atoms with Gasteiger partial charge in [0.2, 0.25) is 5.91 Å². The lowest BCUT2D eigenvalue weighted by Gasteiger charge is -2.49. The maximum atomic E-state index is 13.4. The van der Waals surface area contributed by atoms with E-state index in [-0.39, 0.29) is 41.9 Å². The molecule has 0 spiro atoms. The molecular weight excluding hydrogens is 450 g/mol. The number of amides is 1. The normalized spacial score (nSPS) is 35.2. The number of halogens is 2. The van der Waals surface area contributed by atoms with E-state index in [1.165, 1.54) is 11.1 Å². The van der Waals surface area contributed by atoms with Crippen molar-refractivity contribution in [1.82, 2.24) is 5.32 Å². The molecule has 1 aliphatic heterocycles. The largest absolute Gasteiger partial charge is 0.493 e. The summed E-state index contributed by atoms with van der Waals surface area (Å²) in [5, 5.41) is 2.98. The van der Waals surface area contributed by atoms with Crippen LogP contribution < -0.4 is 15.0 Å². The molecule has 7 heteroatoms. The minimum absolute atomic E-state index is 0.00559. The summed E-state index contributed by atoms with van der Waals surface area (Å²) in [6.07, 6.45) is 4.91. The van der Waals surface area contributed by atoms with Crippen LogP contribution in [0.15, 0.2) is 18.2 Å². The van der Waals surface area contributed by atoms with Crippen molar-refractivity contribution in [3.63, 3.8) is 0 Å². The van der Waals surface area contributed by atoms with E-state index < -0.39 is 5.92 Å². The molecule has 0 aromatic heterocycles. The molecule has 0 radical (unpaired) electrons. The second-order valence-corrected chi connectivity index (χ2v) is 11.5. The Morgan fingerprint density at radius 3 is 2.83 bits per heavy atom. The van der Waals surface area contributed by atoms with E-state index in [0.717, 1.165) is 49.3 Å². The fourth-order valence-electron chi connectivity index (χ4n) is 7.71. The first-order valence-electron chi connectivity index (χ1n) is 13.5. The first kappa shape index (κ1) is 24.7. The number of quaternary nitrogens is 1. The summed E-state index contributed by atoms with van der Waals surface area (Å²) in [7, 11) is 0. The monoisotopic (exact) mass is 489 g/mol. The average Bonchev–Trinajstić information content (AvgIpc) is 3.31. The Balaban J connectivity index is 1.24. The molecule has 5 rings (SSSR count). The van der Waals surface area contributed by atoms with Crippen molar-refractivity contribution in [3.05, 3.63) is 29.3 Å². The molecule has 3 aliphatic carbocycles. The van der Waals surface area contributed by atoms with E-state index in [1.807, 2.05) is 13.0 Å². The number of aryl methyl sites for hydroxylation is 1. The van der Waals surface area contributed by atoms with Crippen LogP contribution in [-0.4, -0.2) is 50.4 Å². The number of hydrogen-bond acceptors (Lipinski definition) is 3. The third kappa shape index (κ3) is 4.61. The number of carbonyl (C=O) groups is 2. The summed E-state index contributed by atoms with van der Waals surface area (Å²) in [5.41, 5.74) is 2.29. The van der Waals surface area contributed by atoms with Gasteiger partial charge in [-0.3, -0.25) is 9.59 Å². The first-order chi connectivity index (χ1) is 16.7. The molecule has 1 amide bonds. The second kappa shape index (κ2) is 9.45. The quantitative estimate of drug-likeness (QED) is 0.579. The molecule has 192 valence electrons. The molecule has 3 fully saturated rings. The minimum atomic E-state index is -2.51. The van der Waals surface area contributed by atoms with Crippen molar-refractivity contribution in [2.24, 2.45) is 23.2 Å². The molecule has 35 heavy (non-hydrogen) atoms. The molecule has 1 aromatic carbocycles. The number of fused-ring (bicyclic) bond motifs is 5. The van der Waals surface area contributed by atoms with Crippen molar-refractivity contribution in [2.75, 3.05) is 32.8 Å². The van der Waals surface area contributed by atoms with Gasteiger partial charge in [-0.2, -0.15) is 0 Å². The zero-order valence-electron chi connectivity index (χ0n) is 21.0. The highest BCUT2D eigenvalue weighted by Crippen LogP contribution is 2.61. The van der Waals surface area contributed by atoms with Gasteiger partial charge in [-0.15, -0.1) is 0 Å². The van der Waals surface area contributed by atoms with Gasteiger partial charge in [0.15, 0.2) is 0 Å². The van der Waals surface area contributed by atoms with E-state index >= 15 is 0 Å². The molecule has 1 heterocycles. The number of likely N-dealkylation sites (tertiary alicyclic amines) is 1. The molecule has 2 N–H and O–H groups in total. The Kier molecular flexibility index (Phi) is 6.66. The van der Waals surface area contributed by atoms with Gasteiger partial charge in [0.25, 0.3) is 0 Å². The maximum absolute atomic E-state index is 13.4. The van der Waals surface area contributed by atoms with Crippen molar-refractivity contribution in [3.8, 4) is 5.75 Å². The van der Waals surface area contributed by atoms with Crippen LogP contribution >= 0.6 is 0 Å². The first-order valence-corrected chi connectivity index (χ1v) is 13.5. The minimum Gasteiger partial charge on any atom is -0.493 e. The zero-order valence-corrected chi connectivity index (χ0v) is 21.0. The van der Waals surface area contributed by atoms with Gasteiger partial charge in [-0.25, -0.2) is 8.78 Å². The molecule has 1 saturated heterocycles. The van der Waals surface area contributed by atoms with E-state index in [4.69, 9.17) is 4.74 Å². The van der Waals surface area contributed by atoms with Gasteiger partial charge in [-0.1, -0.05) is 13.0 Å². The van der Waals surface area contributed by atoms with Gasteiger partial charge in [0, 0.05) is 30.7 Å². The highest BCUT2D eigenvalue weighted by molar-refractivity contribution is 5.94. The predicted octanol–water partition coefficient (Wildman–Crippen LogP) is 3.17. The lowest BCUT2D eigenvalue weighted by Crippen LogP contribution is -3.10. The van der Waals surface area contributed by atoms with Crippen molar-refractivity contribution < 1.29 is 28.0 Å². The van der Waals surface area contributed by atoms with E-state index in [1.54, 1.807) is 0 Å². The molecule has 2 saturated carbocycles. The van der Waals surface area contributed by atoms with Crippen molar-refractivity contribution in [1.29, 1.82) is 0 Å². The standard InChI is InChI=1S/C28H38F2N2O3/c1-3-31-26(34)23-16-24(33)27(2)10-9-21-20-8-6-19(15-18(20)5-7-22(21)25(23)27)35-14-4-12-32-13-11-28(29,30)17-32/h6,8,15,21-23,25H,3-5,7,9-14,16-17H2,1-2H3,(H,31,34)/p+1/t21-,22-,23+,25-,27-/m1/s1. The van der Waals surface area contributed by atoms with Crippen LogP contribution in [0.1, 0.15) is 69.4 Å². The number of Topliss-reactive ketones (excluding diaryl/α,β-unsaturated/α-hetero) is 1. The Morgan fingerprint density at radius 1 is 1.26 bits per heavy atom. The summed E-state index contributed by atoms with van der Waals surface area (Å²) in [5.74, 6) is -0.694. The van der Waals surface area contributed by atoms with Crippen LogP contribution in [0.25, 0.3) is 0 Å². The molecule has 6 atom stereocenters. The van der Waals surface area contributed by atoms with Crippen LogP contribution in [0.2, 0.25) is 0 Å². The summed E-state index contributed by atoms with van der Waals surface area (Å²) >= 11 is 0. The Labute approximate surface area is 207 Å². The van der Waals surface area contributed by atoms with Crippen LogP contribution in [0.3, 0.4) is 0 Å². The number of hydrogen-bond donors (Lipinski definition) is 2. The van der Waals surface area contributed by atoms with Crippen LogP contribution in [0, 0.1) is 23.2 Å². The molecule has 0 bridgehead atoms. The molecule has 4 aliphatic rings. The van der Waals surface area contributed by atoms with Gasteiger partial charge >= 0.3 is 5.92 Å². The zero-order chi connectivity index (χ0) is 24.8. The van der Waals surface area contributed by atoms with Gasteiger partial charge in [0.1, 0.15) is 18.1 Å². The van der Waals surface area contributed by atoms with Gasteiger partial charge < -0.3 is 15.0 Å². The fourth-order valence-corrected chi connectivity index (χ4v) is 7.71. The second-order valence-electron chi connectivity index (χ2n) is 11.5. The van der Waals surface area contributed by atoms with Gasteiger partial charge in [-0.05, 0) is 73.6 Å². The number of benzene rings is 1. The number of nitrogens with one attached hydrogen (secondary N) is 2. The summed E-state index contributed by atoms with van der Waals surface area (Å²) in [6, 6.07) is 6.37. The summed E-state index contributed by atoms with van der Waals surface area (Å²) < 4.78 is 32.7. The van der Waals surface area contributed by atoms with Crippen LogP contribution in [-0.2, 0) is 16.0 Å². The van der Waals surface area contributed by atoms with E-state index in [9.17, 15) is 18.4 Å². The predicted molar refractivity (Wildman–Crippen MR) is 129 cm³/mol. The van der Waals surface area contributed by atoms with E-state index in [2.05, 4.69) is 24.4 Å². The van der Waals surface area contributed by atoms with Crippen LogP contribution in [0.5, 0.6) is 5.75 Å². The lowest BCUT2D eigenvalue weighted by molar-refractivity contribution is -0.891. The fraction of sp³-hybridized carbons (Fsp3) is 0.714. The highest BCUT2D eigenvalue weighted by Gasteiger charge is 2.60. The van der Waals surface area contributed by atoms with Crippen molar-refractivity contribution in [2.45, 2.75) is 70.6 Å². The van der Waals surface area contributed by atoms with Gasteiger partial charge in [0.05, 0.1) is 26.1 Å². The number of alkyl halides is 2. The number of ketones is 1. The van der Waals surface area contributed by atoms with Crippen LogP contribution in [0.4, 0.5) is 8.78 Å². The molecule has 5 nitrogen and oxygen atoms in total. The third-order valence-electron chi connectivity index (χ3n) is 9.41. The highest BCUT2D eigenvalue weighted by atomic mass is 19.3. The smallest absolute Gasteiger partial charge is 0.300 e. The number of carbonyl (C=O) groups excluding carboxylic acids is 2. The molecule has 1 unspecified atom stereocenters. The topological polar surface area (TPSA) is 59.8 Å². The van der Waals surface area contributed by atoms with Crippen molar-refractivity contribution >= 4 is 11.7 Å². The maximum Gasteiger partial charge on any atom is 0.300 e. The Morgan fingerprint density at radius 2 is 2.09 bits per heavy atom. The summed E-state index contributed by atoms with van der Waals surface area (Å²) in [6.45, 7) is 6.38. The Bertz CT molecular complexity index is 983. The SMILES string of the molecule is CCNC(=O)[C@H]1CC(=O)[C@@]2(C)CC[C@@H]3c4ccc(OCCC[NH+]5CCC(F)(F)C5)cc4CC[C@H]3[C@H]12. The third-order valence-corrected chi connectivity index (χ3v) is 9.41. The average molecular weight is 490 g/mol. The van der Waals surface area contributed by atoms with E-state index in [0.29, 0.717) is 38.0 Å². The Hall–Kier alpha value is -2.02. The number of rotatable bonds is 7. The summed E-state index contributed by atoms with van der Waals surface area (Å²) in [4.78, 5) is 26.9. The molecular formula is C28H39F2N2O3+. The number of ether oxygens (including phenoxy) is 1. The lowest BCUT2D eigenvalue weighted by atomic mass is 9.54.